The zero-order chi connectivity index (χ0) is 14.6. The van der Waals surface area contributed by atoms with Crippen molar-refractivity contribution in [1.82, 2.24) is 4.90 Å². The van der Waals surface area contributed by atoms with Crippen LogP contribution >= 0.6 is 0 Å². The Morgan fingerprint density at radius 1 is 1.14 bits per heavy atom. The van der Waals surface area contributed by atoms with Crippen LogP contribution in [0.2, 0.25) is 0 Å². The van der Waals surface area contributed by atoms with Gasteiger partial charge in [0.15, 0.2) is 0 Å². The molecule has 1 saturated heterocycles. The van der Waals surface area contributed by atoms with E-state index in [0.717, 1.165) is 19.2 Å². The van der Waals surface area contributed by atoms with E-state index in [1.807, 2.05) is 0 Å². The average Bonchev–Trinajstić information content (AvgIpc) is 2.40. The van der Waals surface area contributed by atoms with Gasteiger partial charge in [-0.25, -0.2) is 0 Å². The zero-order valence-corrected chi connectivity index (χ0v) is 15.9. The van der Waals surface area contributed by atoms with Crippen molar-refractivity contribution in [2.24, 2.45) is 0 Å². The number of ether oxygens (including phenoxy) is 1. The molecule has 0 aliphatic carbocycles. The molecule has 0 bridgehead atoms. The molecule has 0 unspecified atom stereocenters. The second-order valence-corrected chi connectivity index (χ2v) is 5.37. The molecular formula is C14H20BF3KNO. The van der Waals surface area contributed by atoms with Gasteiger partial charge in [-0.15, -0.1) is 0 Å². The van der Waals surface area contributed by atoms with E-state index in [4.69, 9.17) is 4.74 Å². The summed E-state index contributed by atoms with van der Waals surface area (Å²) in [6.45, 7) is -0.331. The van der Waals surface area contributed by atoms with Gasteiger partial charge in [-0.05, 0) is 38.9 Å². The van der Waals surface area contributed by atoms with Crippen LogP contribution < -0.4 is 61.6 Å². The Balaban J connectivity index is 0.00000220. The topological polar surface area (TPSA) is 12.5 Å². The Labute approximate surface area is 166 Å². The third-order valence-corrected chi connectivity index (χ3v) is 3.63. The van der Waals surface area contributed by atoms with Gasteiger partial charge in [0.2, 0.25) is 0 Å². The molecule has 1 aliphatic heterocycles. The number of hydrogen-bond acceptors (Lipinski definition) is 2. The molecule has 0 N–H and O–H groups in total. The maximum absolute atomic E-state index is 13.0. The molecule has 1 aromatic rings. The molecule has 1 fully saturated rings. The molecule has 112 valence electrons. The Morgan fingerprint density at radius 2 is 1.81 bits per heavy atom. The van der Waals surface area contributed by atoms with Crippen molar-refractivity contribution in [2.45, 2.75) is 26.2 Å². The fraction of sp³-hybridized carbons (Fsp3) is 0.571. The quantitative estimate of drug-likeness (QED) is 0.702. The number of hydrogen-bond donors (Lipinski definition) is 0. The molecule has 2 nitrogen and oxygen atoms in total. The van der Waals surface area contributed by atoms with Gasteiger partial charge in [-0.1, -0.05) is 29.6 Å². The Bertz CT molecular complexity index is 450. The van der Waals surface area contributed by atoms with Crippen LogP contribution in [0, 0.1) is 6.92 Å². The number of benzene rings is 1. The number of piperidine rings is 1. The summed E-state index contributed by atoms with van der Waals surface area (Å²) >= 11 is 0. The molecule has 1 aromatic carbocycles. The second-order valence-electron chi connectivity index (χ2n) is 5.37. The van der Waals surface area contributed by atoms with Gasteiger partial charge >= 0.3 is 58.4 Å². The van der Waals surface area contributed by atoms with E-state index in [1.54, 1.807) is 13.0 Å². The minimum atomic E-state index is -5.03. The molecule has 1 heterocycles. The van der Waals surface area contributed by atoms with Crippen LogP contribution in [0.4, 0.5) is 12.9 Å². The molecule has 0 amide bonds. The van der Waals surface area contributed by atoms with E-state index in [9.17, 15) is 12.9 Å². The summed E-state index contributed by atoms with van der Waals surface area (Å²) in [6, 6.07) is 4.24. The predicted molar refractivity (Wildman–Crippen MR) is 75.7 cm³/mol. The van der Waals surface area contributed by atoms with Crippen LogP contribution in [-0.4, -0.2) is 38.1 Å². The Hall–Kier alpha value is 0.471. The molecule has 1 aliphatic rings. The summed E-state index contributed by atoms with van der Waals surface area (Å²) in [5, 5.41) is 0. The van der Waals surface area contributed by atoms with Crippen LogP contribution in [0.15, 0.2) is 18.2 Å². The summed E-state index contributed by atoms with van der Waals surface area (Å²) in [5.41, 5.74) is -0.0220. The number of likely N-dealkylation sites (tertiary alicyclic amines) is 1. The van der Waals surface area contributed by atoms with Crippen LogP contribution in [0.3, 0.4) is 0 Å². The van der Waals surface area contributed by atoms with Crippen LogP contribution in [-0.2, 0) is 0 Å². The standard InChI is InChI=1S/C14H20BF3NO.K/c1-12-5-6-14(13(11-12)15(16,17)18)20-10-9-19-7-3-2-4-8-19;/h5-6,11H,2-4,7-10H2,1H3;/q-1;+1. The van der Waals surface area contributed by atoms with Crippen molar-refractivity contribution in [1.29, 1.82) is 0 Å². The van der Waals surface area contributed by atoms with Gasteiger partial charge in [-0.2, -0.15) is 0 Å². The number of aryl methyl sites for hydroxylation is 1. The minimum absolute atomic E-state index is 0. The number of halogens is 3. The molecule has 0 radical (unpaired) electrons. The molecule has 2 rings (SSSR count). The normalized spacial score (nSPS) is 16.4. The average molecular weight is 325 g/mol. The van der Waals surface area contributed by atoms with Crippen molar-refractivity contribution in [2.75, 3.05) is 26.2 Å². The van der Waals surface area contributed by atoms with Gasteiger partial charge in [0, 0.05) is 6.54 Å². The van der Waals surface area contributed by atoms with E-state index in [2.05, 4.69) is 4.90 Å². The number of nitrogens with zero attached hydrogens (tertiary/aromatic N) is 1. The fourth-order valence-electron chi connectivity index (χ4n) is 2.52. The fourth-order valence-corrected chi connectivity index (χ4v) is 2.52. The second kappa shape index (κ2) is 8.94. The van der Waals surface area contributed by atoms with Crippen LogP contribution in [0.25, 0.3) is 0 Å². The maximum atomic E-state index is 13.0. The van der Waals surface area contributed by atoms with E-state index in [-0.39, 0.29) is 57.1 Å². The van der Waals surface area contributed by atoms with Crippen molar-refractivity contribution >= 4 is 12.4 Å². The molecule has 0 atom stereocenters. The van der Waals surface area contributed by atoms with Crippen LogP contribution in [0.1, 0.15) is 24.8 Å². The molecular weight excluding hydrogens is 305 g/mol. The molecule has 0 saturated carbocycles. The van der Waals surface area contributed by atoms with Gasteiger partial charge in [-0.3, -0.25) is 4.90 Å². The SMILES string of the molecule is Cc1ccc(OCCN2CCCCC2)c([B-](F)(F)F)c1.[K+]. The summed E-state index contributed by atoms with van der Waals surface area (Å²) < 4.78 is 44.3. The summed E-state index contributed by atoms with van der Waals surface area (Å²) in [4.78, 5) is 2.25. The molecule has 7 heteroatoms. The summed E-state index contributed by atoms with van der Waals surface area (Å²) in [5.74, 6) is -0.0416. The molecule has 21 heavy (non-hydrogen) atoms. The summed E-state index contributed by atoms with van der Waals surface area (Å²) in [7, 11) is 0. The van der Waals surface area contributed by atoms with E-state index in [0.29, 0.717) is 18.7 Å². The first-order valence-electron chi connectivity index (χ1n) is 7.12. The van der Waals surface area contributed by atoms with Gasteiger partial charge in [0.05, 0.1) is 5.75 Å². The van der Waals surface area contributed by atoms with Crippen LogP contribution in [0.5, 0.6) is 5.75 Å². The van der Waals surface area contributed by atoms with E-state index < -0.39 is 12.4 Å². The Morgan fingerprint density at radius 3 is 2.43 bits per heavy atom. The van der Waals surface area contributed by atoms with Gasteiger partial charge in [0.1, 0.15) is 6.61 Å². The first-order chi connectivity index (χ1) is 9.47. The zero-order valence-electron chi connectivity index (χ0n) is 12.7. The van der Waals surface area contributed by atoms with E-state index in [1.165, 1.54) is 25.3 Å². The van der Waals surface area contributed by atoms with Crippen molar-refractivity contribution in [3.8, 4) is 5.75 Å². The summed E-state index contributed by atoms with van der Waals surface area (Å²) in [6.07, 6.45) is 3.58. The van der Waals surface area contributed by atoms with Gasteiger partial charge < -0.3 is 17.7 Å². The third kappa shape index (κ3) is 6.23. The maximum Gasteiger partial charge on any atom is 1.00 e. The molecule has 0 spiro atoms. The third-order valence-electron chi connectivity index (χ3n) is 3.63. The largest absolute Gasteiger partial charge is 1.00 e. The smallest absolute Gasteiger partial charge is 0.495 e. The van der Waals surface area contributed by atoms with Crippen molar-refractivity contribution in [3.05, 3.63) is 23.8 Å². The minimum Gasteiger partial charge on any atom is -0.495 e. The predicted octanol–water partition coefficient (Wildman–Crippen LogP) is -0.0819. The van der Waals surface area contributed by atoms with Crippen molar-refractivity contribution < 1.29 is 69.1 Å². The van der Waals surface area contributed by atoms with E-state index >= 15 is 0 Å². The monoisotopic (exact) mass is 325 g/mol. The first-order valence-corrected chi connectivity index (χ1v) is 7.12. The first kappa shape index (κ1) is 19.5. The van der Waals surface area contributed by atoms with Gasteiger partial charge in [0.25, 0.3) is 0 Å². The number of rotatable bonds is 5. The Kier molecular flexibility index (Phi) is 8.31. The molecule has 0 aromatic heterocycles. The van der Waals surface area contributed by atoms with Crippen molar-refractivity contribution in [3.63, 3.8) is 0 Å².